The largest absolute Gasteiger partial charge is 0.299 e. The van der Waals surface area contributed by atoms with Crippen molar-refractivity contribution in [1.29, 1.82) is 0 Å². The molecule has 0 heterocycles. The first-order chi connectivity index (χ1) is 8.22. The van der Waals surface area contributed by atoms with E-state index in [1.807, 2.05) is 18.2 Å². The van der Waals surface area contributed by atoms with Gasteiger partial charge in [0.2, 0.25) is 0 Å². The maximum Gasteiger partial charge on any atom is 0.143 e. The Bertz CT molecular complexity index is 352. The highest BCUT2D eigenvalue weighted by Crippen LogP contribution is 2.22. The predicted molar refractivity (Wildman–Crippen MR) is 78.6 cm³/mol. The van der Waals surface area contributed by atoms with E-state index >= 15 is 0 Å². The van der Waals surface area contributed by atoms with Crippen molar-refractivity contribution in [3.63, 3.8) is 0 Å². The van der Waals surface area contributed by atoms with Gasteiger partial charge in [-0.1, -0.05) is 48.2 Å². The average Bonchev–Trinajstić information content (AvgIpc) is 2.32. The fourth-order valence-electron chi connectivity index (χ4n) is 1.54. The van der Waals surface area contributed by atoms with Gasteiger partial charge in [0.25, 0.3) is 0 Å². The summed E-state index contributed by atoms with van der Waals surface area (Å²) in [6.45, 7) is 2.19. The lowest BCUT2D eigenvalue weighted by molar-refractivity contribution is -0.116. The monoisotopic (exact) mass is 314 g/mol. The number of rotatable bonds is 8. The number of benzene rings is 1. The zero-order chi connectivity index (χ0) is 12.5. The summed E-state index contributed by atoms with van der Waals surface area (Å²) in [5, 5.41) is 0. The lowest BCUT2D eigenvalue weighted by atomic mass is 10.1. The van der Waals surface area contributed by atoms with Crippen molar-refractivity contribution in [1.82, 2.24) is 0 Å². The minimum atomic E-state index is 0.367. The second-order valence-electron chi connectivity index (χ2n) is 4.10. The highest BCUT2D eigenvalue weighted by molar-refractivity contribution is 9.10. The highest BCUT2D eigenvalue weighted by atomic mass is 79.9. The number of ketones is 1. The van der Waals surface area contributed by atoms with Gasteiger partial charge in [-0.15, -0.1) is 11.8 Å². The van der Waals surface area contributed by atoms with Crippen molar-refractivity contribution in [2.24, 2.45) is 0 Å². The molecule has 1 rings (SSSR count). The van der Waals surface area contributed by atoms with Gasteiger partial charge in [-0.05, 0) is 24.6 Å². The zero-order valence-electron chi connectivity index (χ0n) is 10.2. The first kappa shape index (κ1) is 14.8. The molecule has 0 aromatic heterocycles. The highest BCUT2D eigenvalue weighted by Gasteiger charge is 2.03. The van der Waals surface area contributed by atoms with Gasteiger partial charge in [0.15, 0.2) is 0 Å². The van der Waals surface area contributed by atoms with E-state index in [4.69, 9.17) is 0 Å². The minimum Gasteiger partial charge on any atom is -0.299 e. The Kier molecular flexibility index (Phi) is 7.62. The summed E-state index contributed by atoms with van der Waals surface area (Å²) in [6, 6.07) is 8.09. The maximum absolute atomic E-state index is 11.6. The van der Waals surface area contributed by atoms with E-state index in [9.17, 15) is 4.79 Å². The van der Waals surface area contributed by atoms with E-state index in [1.165, 1.54) is 19.3 Å². The molecule has 0 radical (unpaired) electrons. The SMILES string of the molecule is CCCCCCC(=O)CSc1cccc(Br)c1. The summed E-state index contributed by atoms with van der Waals surface area (Å²) in [4.78, 5) is 12.8. The third-order valence-corrected chi connectivity index (χ3v) is 4.05. The van der Waals surface area contributed by atoms with Crippen LogP contribution in [0.1, 0.15) is 39.0 Å². The van der Waals surface area contributed by atoms with Gasteiger partial charge in [-0.25, -0.2) is 0 Å². The van der Waals surface area contributed by atoms with Gasteiger partial charge in [0, 0.05) is 15.8 Å². The van der Waals surface area contributed by atoms with Crippen molar-refractivity contribution < 1.29 is 4.79 Å². The Hall–Kier alpha value is -0.280. The first-order valence-corrected chi connectivity index (χ1v) is 7.90. The molecule has 0 unspecified atom stereocenters. The van der Waals surface area contributed by atoms with Crippen molar-refractivity contribution in [2.45, 2.75) is 43.9 Å². The normalized spacial score (nSPS) is 10.5. The predicted octanol–water partition coefficient (Wildman–Crippen LogP) is 5.08. The molecule has 0 amide bonds. The van der Waals surface area contributed by atoms with E-state index < -0.39 is 0 Å². The molecule has 0 aliphatic heterocycles. The second kappa shape index (κ2) is 8.76. The van der Waals surface area contributed by atoms with Crippen molar-refractivity contribution >= 4 is 33.5 Å². The number of carbonyl (C=O) groups excluding carboxylic acids is 1. The molecule has 1 nitrogen and oxygen atoms in total. The van der Waals surface area contributed by atoms with Crippen molar-refractivity contribution in [3.05, 3.63) is 28.7 Å². The summed E-state index contributed by atoms with van der Waals surface area (Å²) in [6.07, 6.45) is 5.43. The molecule has 0 saturated heterocycles. The molecule has 0 spiro atoms. The standard InChI is InChI=1S/C14H19BrOS/c1-2-3-4-5-8-13(16)11-17-14-9-6-7-12(15)10-14/h6-7,9-10H,2-5,8,11H2,1H3. The van der Waals surface area contributed by atoms with Gasteiger partial charge >= 0.3 is 0 Å². The quantitative estimate of drug-likeness (QED) is 0.491. The fraction of sp³-hybridized carbons (Fsp3) is 0.500. The van der Waals surface area contributed by atoms with Crippen LogP contribution in [0.15, 0.2) is 33.6 Å². The van der Waals surface area contributed by atoms with E-state index in [2.05, 4.69) is 28.9 Å². The molecule has 0 bridgehead atoms. The third kappa shape index (κ3) is 6.89. The van der Waals surface area contributed by atoms with Crippen LogP contribution in [0, 0.1) is 0 Å². The second-order valence-corrected chi connectivity index (χ2v) is 6.06. The molecule has 0 aliphatic rings. The van der Waals surface area contributed by atoms with Crippen LogP contribution in [0.4, 0.5) is 0 Å². The molecule has 3 heteroatoms. The van der Waals surface area contributed by atoms with Crippen LogP contribution >= 0.6 is 27.7 Å². The Morgan fingerprint density at radius 1 is 1.29 bits per heavy atom. The molecule has 0 N–H and O–H groups in total. The zero-order valence-corrected chi connectivity index (χ0v) is 12.6. The van der Waals surface area contributed by atoms with Crippen LogP contribution in [-0.4, -0.2) is 11.5 Å². The molecule has 0 fully saturated rings. The molecule has 1 aromatic rings. The van der Waals surface area contributed by atoms with Crippen LogP contribution in [0.2, 0.25) is 0 Å². The van der Waals surface area contributed by atoms with E-state index in [0.29, 0.717) is 11.5 Å². The Morgan fingerprint density at radius 2 is 2.12 bits per heavy atom. The summed E-state index contributed by atoms with van der Waals surface area (Å²) in [5.41, 5.74) is 0. The van der Waals surface area contributed by atoms with Crippen LogP contribution in [0.25, 0.3) is 0 Å². The molecular formula is C14H19BrOS. The topological polar surface area (TPSA) is 17.1 Å². The van der Waals surface area contributed by atoms with Gasteiger partial charge in [0.05, 0.1) is 5.75 Å². The fourth-order valence-corrected chi connectivity index (χ4v) is 2.95. The van der Waals surface area contributed by atoms with Gasteiger partial charge in [-0.2, -0.15) is 0 Å². The molecule has 0 atom stereocenters. The summed E-state index contributed by atoms with van der Waals surface area (Å²) < 4.78 is 1.07. The number of carbonyl (C=O) groups is 1. The number of thioether (sulfide) groups is 1. The average molecular weight is 315 g/mol. The summed E-state index contributed by atoms with van der Waals surface area (Å²) in [5.74, 6) is 0.967. The van der Waals surface area contributed by atoms with E-state index in [1.54, 1.807) is 11.8 Å². The maximum atomic E-state index is 11.6. The number of unbranched alkanes of at least 4 members (excludes halogenated alkanes) is 3. The van der Waals surface area contributed by atoms with Crippen molar-refractivity contribution in [2.75, 3.05) is 5.75 Å². The van der Waals surface area contributed by atoms with Gasteiger partial charge in [-0.3, -0.25) is 4.79 Å². The minimum absolute atomic E-state index is 0.367. The molecule has 0 saturated carbocycles. The van der Waals surface area contributed by atoms with Gasteiger partial charge < -0.3 is 0 Å². The number of halogens is 1. The summed E-state index contributed by atoms with van der Waals surface area (Å²) >= 11 is 5.06. The molecule has 17 heavy (non-hydrogen) atoms. The lowest BCUT2D eigenvalue weighted by Crippen LogP contribution is -2.00. The lowest BCUT2D eigenvalue weighted by Gasteiger charge is -2.02. The van der Waals surface area contributed by atoms with E-state index in [-0.39, 0.29) is 0 Å². The Balaban J connectivity index is 2.19. The number of Topliss-reactive ketones (excluding diaryl/α,β-unsaturated/α-hetero) is 1. The van der Waals surface area contributed by atoms with Crippen LogP contribution in [0.3, 0.4) is 0 Å². The number of hydrogen-bond donors (Lipinski definition) is 0. The van der Waals surface area contributed by atoms with Gasteiger partial charge in [0.1, 0.15) is 5.78 Å². The molecule has 94 valence electrons. The van der Waals surface area contributed by atoms with Crippen LogP contribution in [0.5, 0.6) is 0 Å². The van der Waals surface area contributed by atoms with Crippen LogP contribution < -0.4 is 0 Å². The Morgan fingerprint density at radius 3 is 2.82 bits per heavy atom. The van der Waals surface area contributed by atoms with E-state index in [0.717, 1.165) is 22.2 Å². The first-order valence-electron chi connectivity index (χ1n) is 6.12. The van der Waals surface area contributed by atoms with Crippen molar-refractivity contribution in [3.8, 4) is 0 Å². The smallest absolute Gasteiger partial charge is 0.143 e. The molecule has 1 aromatic carbocycles. The third-order valence-electron chi connectivity index (χ3n) is 2.51. The summed E-state index contributed by atoms with van der Waals surface area (Å²) in [7, 11) is 0. The van der Waals surface area contributed by atoms with Crippen LogP contribution in [-0.2, 0) is 4.79 Å². The Labute approximate surface area is 117 Å². The molecular weight excluding hydrogens is 296 g/mol. The number of hydrogen-bond acceptors (Lipinski definition) is 2. The molecule has 0 aliphatic carbocycles.